The van der Waals surface area contributed by atoms with E-state index >= 15 is 0 Å². The predicted octanol–water partition coefficient (Wildman–Crippen LogP) is 3.72. The third-order valence-corrected chi connectivity index (χ3v) is 4.10. The van der Waals surface area contributed by atoms with Gasteiger partial charge in [0.25, 0.3) is 0 Å². The summed E-state index contributed by atoms with van der Waals surface area (Å²) in [5.41, 5.74) is -0.483. The van der Waals surface area contributed by atoms with Crippen molar-refractivity contribution in [2.75, 3.05) is 0 Å². The molecule has 19 heavy (non-hydrogen) atoms. The van der Waals surface area contributed by atoms with Gasteiger partial charge in [0.1, 0.15) is 11.4 Å². The van der Waals surface area contributed by atoms with Crippen molar-refractivity contribution < 1.29 is 5.11 Å². The number of hydrogen-bond donors (Lipinski definition) is 1. The van der Waals surface area contributed by atoms with E-state index in [4.69, 9.17) is 0 Å². The molecule has 1 aromatic rings. The molecule has 0 aliphatic heterocycles. The molecule has 0 unspecified atom stereocenters. The highest BCUT2D eigenvalue weighted by molar-refractivity contribution is 5.11. The number of aromatic nitrogens is 2. The van der Waals surface area contributed by atoms with Crippen LogP contribution < -0.4 is 0 Å². The van der Waals surface area contributed by atoms with Gasteiger partial charge in [-0.05, 0) is 36.5 Å². The Kier molecular flexibility index (Phi) is 3.54. The van der Waals surface area contributed by atoms with Crippen LogP contribution in [0.1, 0.15) is 66.1 Å². The van der Waals surface area contributed by atoms with Crippen LogP contribution in [0.3, 0.4) is 0 Å². The highest BCUT2D eigenvalue weighted by Crippen LogP contribution is 2.53. The average molecular weight is 264 g/mol. The molecular weight excluding hydrogens is 236 g/mol. The molecule has 3 nitrogen and oxygen atoms in total. The van der Waals surface area contributed by atoms with Gasteiger partial charge in [0.2, 0.25) is 0 Å². The third kappa shape index (κ3) is 3.02. The normalized spacial score (nSPS) is 24.3. The first kappa shape index (κ1) is 14.6. The minimum absolute atomic E-state index is 0.152. The van der Waals surface area contributed by atoms with Crippen LogP contribution in [-0.2, 0) is 12.1 Å². The van der Waals surface area contributed by atoms with Gasteiger partial charge in [-0.3, -0.25) is 0 Å². The molecule has 1 fully saturated rings. The number of aliphatic hydroxyl groups is 1. The van der Waals surface area contributed by atoms with E-state index in [9.17, 15) is 5.11 Å². The summed E-state index contributed by atoms with van der Waals surface area (Å²) in [6.45, 7) is 12.1. The van der Waals surface area contributed by atoms with Crippen molar-refractivity contribution in [3.63, 3.8) is 0 Å². The van der Waals surface area contributed by atoms with E-state index in [1.54, 1.807) is 0 Å². The molecule has 1 saturated carbocycles. The third-order valence-electron chi connectivity index (χ3n) is 4.10. The Morgan fingerprint density at radius 3 is 2.26 bits per heavy atom. The fourth-order valence-corrected chi connectivity index (χ4v) is 4.36. The molecule has 3 heteroatoms. The lowest BCUT2D eigenvalue weighted by atomic mass is 9.59. The van der Waals surface area contributed by atoms with Crippen molar-refractivity contribution in [1.82, 2.24) is 9.55 Å². The highest BCUT2D eigenvalue weighted by Gasteiger charge is 2.49. The van der Waals surface area contributed by atoms with Crippen molar-refractivity contribution >= 4 is 0 Å². The van der Waals surface area contributed by atoms with Crippen LogP contribution in [0.4, 0.5) is 0 Å². The minimum atomic E-state index is -0.788. The highest BCUT2D eigenvalue weighted by atomic mass is 16.3. The summed E-state index contributed by atoms with van der Waals surface area (Å²) in [6.07, 6.45) is 7.61. The van der Waals surface area contributed by atoms with Gasteiger partial charge in [0, 0.05) is 18.9 Å². The van der Waals surface area contributed by atoms with Gasteiger partial charge in [-0.1, -0.05) is 34.6 Å². The van der Waals surface area contributed by atoms with Crippen molar-refractivity contribution in [2.24, 2.45) is 10.8 Å². The van der Waals surface area contributed by atoms with Crippen molar-refractivity contribution in [1.29, 1.82) is 0 Å². The predicted molar refractivity (Wildman–Crippen MR) is 77.8 cm³/mol. The van der Waals surface area contributed by atoms with Crippen LogP contribution in [-0.4, -0.2) is 14.7 Å². The van der Waals surface area contributed by atoms with Crippen LogP contribution in [0.15, 0.2) is 12.4 Å². The Morgan fingerprint density at radius 2 is 1.74 bits per heavy atom. The minimum Gasteiger partial charge on any atom is -0.382 e. The molecule has 2 rings (SSSR count). The Hall–Kier alpha value is -0.830. The first-order chi connectivity index (χ1) is 8.68. The number of imidazole rings is 1. The van der Waals surface area contributed by atoms with Crippen LogP contribution >= 0.6 is 0 Å². The number of nitrogens with zero attached hydrogens (tertiary/aromatic N) is 2. The van der Waals surface area contributed by atoms with E-state index < -0.39 is 5.60 Å². The lowest BCUT2D eigenvalue weighted by Crippen LogP contribution is -2.45. The molecule has 1 aliphatic carbocycles. The van der Waals surface area contributed by atoms with Gasteiger partial charge in [0.15, 0.2) is 0 Å². The summed E-state index contributed by atoms with van der Waals surface area (Å²) < 4.78 is 2.12. The molecule has 1 N–H and O–H groups in total. The summed E-state index contributed by atoms with van der Waals surface area (Å²) in [4.78, 5) is 4.47. The maximum Gasteiger partial charge on any atom is 0.140 e. The number of hydrogen-bond acceptors (Lipinski definition) is 2. The molecule has 0 atom stereocenters. The molecule has 0 amide bonds. The second-order valence-corrected chi connectivity index (χ2v) is 7.83. The van der Waals surface area contributed by atoms with E-state index in [0.717, 1.165) is 38.1 Å². The Labute approximate surface area is 117 Å². The summed E-state index contributed by atoms with van der Waals surface area (Å²) in [7, 11) is 0. The zero-order valence-corrected chi connectivity index (χ0v) is 13.0. The molecule has 0 spiro atoms. The fourth-order valence-electron chi connectivity index (χ4n) is 4.36. The van der Waals surface area contributed by atoms with E-state index in [1.165, 1.54) is 0 Å². The first-order valence-corrected chi connectivity index (χ1v) is 7.42. The second kappa shape index (κ2) is 4.62. The van der Waals surface area contributed by atoms with Crippen LogP contribution in [0, 0.1) is 10.8 Å². The average Bonchev–Trinajstić information content (AvgIpc) is 2.60. The van der Waals surface area contributed by atoms with Crippen LogP contribution in [0.5, 0.6) is 0 Å². The molecule has 0 saturated heterocycles. The second-order valence-electron chi connectivity index (χ2n) is 7.83. The molecular formula is C16H28N2O. The van der Waals surface area contributed by atoms with Gasteiger partial charge in [-0.15, -0.1) is 0 Å². The topological polar surface area (TPSA) is 38.0 Å². The van der Waals surface area contributed by atoms with Crippen molar-refractivity contribution in [3.8, 4) is 0 Å². The summed E-state index contributed by atoms with van der Waals surface area (Å²) >= 11 is 0. The van der Waals surface area contributed by atoms with Gasteiger partial charge < -0.3 is 9.67 Å². The van der Waals surface area contributed by atoms with Crippen molar-refractivity contribution in [3.05, 3.63) is 18.2 Å². The Balaban J connectivity index is 2.37. The van der Waals surface area contributed by atoms with Crippen LogP contribution in [0.25, 0.3) is 0 Å². The largest absolute Gasteiger partial charge is 0.382 e. The fraction of sp³-hybridized carbons (Fsp3) is 0.812. The van der Waals surface area contributed by atoms with E-state index in [0.29, 0.717) is 0 Å². The van der Waals surface area contributed by atoms with E-state index in [1.807, 2.05) is 12.4 Å². The van der Waals surface area contributed by atoms with Gasteiger partial charge in [-0.2, -0.15) is 0 Å². The van der Waals surface area contributed by atoms with E-state index in [-0.39, 0.29) is 10.8 Å². The molecule has 0 bridgehead atoms. The van der Waals surface area contributed by atoms with Gasteiger partial charge in [0.05, 0.1) is 0 Å². The smallest absolute Gasteiger partial charge is 0.140 e. The quantitative estimate of drug-likeness (QED) is 0.903. The molecule has 1 aliphatic rings. The molecule has 108 valence electrons. The molecule has 0 radical (unpaired) electrons. The van der Waals surface area contributed by atoms with Gasteiger partial charge in [-0.25, -0.2) is 4.98 Å². The maximum absolute atomic E-state index is 11.2. The lowest BCUT2D eigenvalue weighted by Gasteiger charge is -2.49. The Bertz CT molecular complexity index is 429. The standard InChI is InChI=1S/C16H28N2O/c1-6-8-18-9-7-17-13(18)16(19)11-14(2,3)10-15(4,5)12-16/h7,9,19H,6,8,10-12H2,1-5H3. The summed E-state index contributed by atoms with van der Waals surface area (Å²) in [5.74, 6) is 0.857. The number of rotatable bonds is 3. The zero-order chi connectivity index (χ0) is 14.3. The molecule has 0 aromatic carbocycles. The molecule has 1 heterocycles. The van der Waals surface area contributed by atoms with Crippen LogP contribution in [0.2, 0.25) is 0 Å². The maximum atomic E-state index is 11.2. The number of aryl methyl sites for hydroxylation is 1. The zero-order valence-electron chi connectivity index (χ0n) is 13.0. The SMILES string of the molecule is CCCn1ccnc1C1(O)CC(C)(C)CC(C)(C)C1. The van der Waals surface area contributed by atoms with Gasteiger partial charge >= 0.3 is 0 Å². The van der Waals surface area contributed by atoms with E-state index in [2.05, 4.69) is 44.2 Å². The molecule has 1 aromatic heterocycles. The monoisotopic (exact) mass is 264 g/mol. The summed E-state index contributed by atoms with van der Waals surface area (Å²) in [6, 6.07) is 0. The summed E-state index contributed by atoms with van der Waals surface area (Å²) in [5, 5.41) is 11.2. The Morgan fingerprint density at radius 1 is 1.16 bits per heavy atom. The van der Waals surface area contributed by atoms with Crippen molar-refractivity contribution in [2.45, 2.75) is 72.4 Å². The lowest BCUT2D eigenvalue weighted by molar-refractivity contribution is -0.0986. The first-order valence-electron chi connectivity index (χ1n) is 7.42.